The van der Waals surface area contributed by atoms with E-state index in [4.69, 9.17) is 18.6 Å². The van der Waals surface area contributed by atoms with Gasteiger partial charge in [0.15, 0.2) is 11.5 Å². The largest absolute Gasteiger partial charge is 0.494 e. The number of para-hydroxylation sites is 2. The van der Waals surface area contributed by atoms with Gasteiger partial charge in [0.2, 0.25) is 11.8 Å². The third-order valence-corrected chi connectivity index (χ3v) is 5.06. The van der Waals surface area contributed by atoms with Crippen LogP contribution < -0.4 is 19.5 Å². The second kappa shape index (κ2) is 9.53. The number of carbonyl (C=O) groups excluding carboxylic acids is 1. The van der Waals surface area contributed by atoms with Gasteiger partial charge in [-0.2, -0.15) is 0 Å². The lowest BCUT2D eigenvalue weighted by atomic mass is 10.2. The second-order valence-corrected chi connectivity index (χ2v) is 7.35. The molecule has 1 atom stereocenters. The SMILES string of the molecule is CCOc1ccc(-c2nnc(SCC(=O)NCC3COc4ccccc4O3)o2)cc1. The number of nitrogens with one attached hydrogen (secondary N) is 1. The molecule has 0 bridgehead atoms. The Morgan fingerprint density at radius 1 is 1.17 bits per heavy atom. The molecule has 1 aromatic heterocycles. The van der Waals surface area contributed by atoms with E-state index in [-0.39, 0.29) is 17.8 Å². The highest BCUT2D eigenvalue weighted by atomic mass is 32.2. The van der Waals surface area contributed by atoms with E-state index in [1.54, 1.807) is 0 Å². The molecule has 1 unspecified atom stereocenters. The summed E-state index contributed by atoms with van der Waals surface area (Å²) in [6.45, 7) is 3.28. The Hall–Kier alpha value is -3.20. The number of hydrogen-bond donors (Lipinski definition) is 1. The van der Waals surface area contributed by atoms with Gasteiger partial charge in [-0.1, -0.05) is 23.9 Å². The van der Waals surface area contributed by atoms with Crippen LogP contribution in [0.15, 0.2) is 58.2 Å². The lowest BCUT2D eigenvalue weighted by Gasteiger charge is -2.26. The summed E-state index contributed by atoms with van der Waals surface area (Å²) >= 11 is 1.18. The molecular formula is C21H21N3O5S. The average molecular weight is 427 g/mol. The summed E-state index contributed by atoms with van der Waals surface area (Å²) in [6.07, 6.45) is -0.233. The first kappa shape index (κ1) is 20.1. The molecule has 0 saturated heterocycles. The molecule has 2 aromatic carbocycles. The van der Waals surface area contributed by atoms with Gasteiger partial charge in [-0.3, -0.25) is 4.79 Å². The van der Waals surface area contributed by atoms with E-state index >= 15 is 0 Å². The Kier molecular flexibility index (Phi) is 6.38. The molecule has 156 valence electrons. The molecule has 30 heavy (non-hydrogen) atoms. The van der Waals surface area contributed by atoms with Crippen LogP contribution in [0.25, 0.3) is 11.5 Å². The number of nitrogens with zero attached hydrogens (tertiary/aromatic N) is 2. The van der Waals surface area contributed by atoms with Crippen molar-refractivity contribution >= 4 is 17.7 Å². The molecule has 0 aliphatic carbocycles. The zero-order valence-electron chi connectivity index (χ0n) is 16.4. The summed E-state index contributed by atoms with van der Waals surface area (Å²) in [5.41, 5.74) is 0.789. The summed E-state index contributed by atoms with van der Waals surface area (Å²) in [4.78, 5) is 12.1. The van der Waals surface area contributed by atoms with Crippen molar-refractivity contribution in [1.82, 2.24) is 15.5 Å². The van der Waals surface area contributed by atoms with E-state index in [1.165, 1.54) is 11.8 Å². The Balaban J connectivity index is 1.23. The van der Waals surface area contributed by atoms with Gasteiger partial charge in [0.1, 0.15) is 18.5 Å². The van der Waals surface area contributed by atoms with Crippen LogP contribution in [0.1, 0.15) is 6.92 Å². The van der Waals surface area contributed by atoms with Crippen LogP contribution in [0.5, 0.6) is 17.2 Å². The van der Waals surface area contributed by atoms with Crippen molar-refractivity contribution in [3.63, 3.8) is 0 Å². The Morgan fingerprint density at radius 3 is 2.77 bits per heavy atom. The molecule has 3 aromatic rings. The summed E-state index contributed by atoms with van der Waals surface area (Å²) in [5, 5.41) is 11.2. The topological polar surface area (TPSA) is 95.7 Å². The van der Waals surface area contributed by atoms with Crippen LogP contribution in [0.2, 0.25) is 0 Å². The lowest BCUT2D eigenvalue weighted by molar-refractivity contribution is -0.119. The Labute approximate surface area is 177 Å². The van der Waals surface area contributed by atoms with Crippen LogP contribution in [0, 0.1) is 0 Å². The van der Waals surface area contributed by atoms with E-state index in [9.17, 15) is 4.79 Å². The molecule has 0 saturated carbocycles. The maximum absolute atomic E-state index is 12.1. The molecule has 9 heteroatoms. The van der Waals surface area contributed by atoms with Crippen LogP contribution >= 0.6 is 11.8 Å². The number of benzene rings is 2. The maximum atomic E-state index is 12.1. The van der Waals surface area contributed by atoms with Crippen molar-refractivity contribution in [3.05, 3.63) is 48.5 Å². The first-order valence-electron chi connectivity index (χ1n) is 9.56. The number of carbonyl (C=O) groups is 1. The van der Waals surface area contributed by atoms with Gasteiger partial charge < -0.3 is 23.9 Å². The predicted octanol–water partition coefficient (Wildman–Crippen LogP) is 3.18. The summed E-state index contributed by atoms with van der Waals surface area (Å²) in [5.74, 6) is 2.59. The fourth-order valence-electron chi connectivity index (χ4n) is 2.81. The molecular weight excluding hydrogens is 406 g/mol. The van der Waals surface area contributed by atoms with E-state index < -0.39 is 0 Å². The van der Waals surface area contributed by atoms with Crippen molar-refractivity contribution in [2.24, 2.45) is 0 Å². The molecule has 0 spiro atoms. The number of amides is 1. The molecule has 0 fully saturated rings. The zero-order chi connectivity index (χ0) is 20.8. The van der Waals surface area contributed by atoms with Crippen molar-refractivity contribution in [2.75, 3.05) is 25.5 Å². The smallest absolute Gasteiger partial charge is 0.277 e. The number of hydrogen-bond acceptors (Lipinski definition) is 8. The lowest BCUT2D eigenvalue weighted by Crippen LogP contribution is -2.41. The molecule has 0 radical (unpaired) electrons. The zero-order valence-corrected chi connectivity index (χ0v) is 17.2. The van der Waals surface area contributed by atoms with Crippen molar-refractivity contribution in [1.29, 1.82) is 0 Å². The summed E-state index contributed by atoms with van der Waals surface area (Å²) in [7, 11) is 0. The van der Waals surface area contributed by atoms with Crippen molar-refractivity contribution in [3.8, 4) is 28.7 Å². The number of ether oxygens (including phenoxy) is 3. The highest BCUT2D eigenvalue weighted by molar-refractivity contribution is 7.99. The van der Waals surface area contributed by atoms with Crippen LogP contribution in [0.3, 0.4) is 0 Å². The van der Waals surface area contributed by atoms with Crippen LogP contribution in [-0.4, -0.2) is 47.7 Å². The third-order valence-electron chi connectivity index (χ3n) is 4.24. The number of aromatic nitrogens is 2. The molecule has 4 rings (SSSR count). The third kappa shape index (κ3) is 5.04. The minimum absolute atomic E-state index is 0.150. The highest BCUT2D eigenvalue weighted by Gasteiger charge is 2.21. The molecule has 1 aliphatic heterocycles. The fourth-order valence-corrected chi connectivity index (χ4v) is 3.41. The van der Waals surface area contributed by atoms with Crippen molar-refractivity contribution in [2.45, 2.75) is 18.3 Å². The van der Waals surface area contributed by atoms with Gasteiger partial charge in [0.05, 0.1) is 18.9 Å². The van der Waals surface area contributed by atoms with Gasteiger partial charge in [-0.15, -0.1) is 10.2 Å². The number of fused-ring (bicyclic) bond motifs is 1. The maximum Gasteiger partial charge on any atom is 0.277 e. The first-order chi connectivity index (χ1) is 14.7. The van der Waals surface area contributed by atoms with E-state index in [2.05, 4.69) is 15.5 Å². The minimum atomic E-state index is -0.233. The average Bonchev–Trinajstić information content (AvgIpc) is 3.26. The fraction of sp³-hybridized carbons (Fsp3) is 0.286. The second-order valence-electron chi connectivity index (χ2n) is 6.42. The van der Waals surface area contributed by atoms with Crippen molar-refractivity contribution < 1.29 is 23.4 Å². The van der Waals surface area contributed by atoms with E-state index in [0.717, 1.165) is 17.1 Å². The predicted molar refractivity (Wildman–Crippen MR) is 111 cm³/mol. The van der Waals surface area contributed by atoms with E-state index in [1.807, 2.05) is 55.5 Å². The molecule has 1 amide bonds. The summed E-state index contributed by atoms with van der Waals surface area (Å²) in [6, 6.07) is 14.9. The van der Waals surface area contributed by atoms with Gasteiger partial charge in [0.25, 0.3) is 5.22 Å². The monoisotopic (exact) mass is 427 g/mol. The highest BCUT2D eigenvalue weighted by Crippen LogP contribution is 2.30. The van der Waals surface area contributed by atoms with Crippen LogP contribution in [0.4, 0.5) is 0 Å². The van der Waals surface area contributed by atoms with Crippen LogP contribution in [-0.2, 0) is 4.79 Å². The van der Waals surface area contributed by atoms with Gasteiger partial charge in [-0.25, -0.2) is 0 Å². The quantitative estimate of drug-likeness (QED) is 0.548. The minimum Gasteiger partial charge on any atom is -0.494 e. The normalized spacial score (nSPS) is 14.9. The van der Waals surface area contributed by atoms with Gasteiger partial charge in [0, 0.05) is 5.56 Å². The first-order valence-corrected chi connectivity index (χ1v) is 10.5. The molecule has 8 nitrogen and oxygen atoms in total. The Morgan fingerprint density at radius 2 is 1.97 bits per heavy atom. The molecule has 1 aliphatic rings. The number of thioether (sulfide) groups is 1. The number of rotatable bonds is 8. The van der Waals surface area contributed by atoms with Gasteiger partial charge >= 0.3 is 0 Å². The van der Waals surface area contributed by atoms with Gasteiger partial charge in [-0.05, 0) is 43.3 Å². The summed E-state index contributed by atoms with van der Waals surface area (Å²) < 4.78 is 22.5. The standard InChI is InChI=1S/C21H21N3O5S/c1-2-26-15-9-7-14(8-10-15)20-23-24-21(29-20)30-13-19(25)22-11-16-12-27-17-5-3-4-6-18(17)28-16/h3-10,16H,2,11-13H2,1H3,(H,22,25). The molecule has 2 heterocycles. The Bertz CT molecular complexity index is 992. The van der Waals surface area contributed by atoms with E-state index in [0.29, 0.717) is 36.6 Å². The molecule has 1 N–H and O–H groups in total.